The molecule has 0 fully saturated rings. The molecule has 188 valence electrons. The van der Waals surface area contributed by atoms with Crippen LogP contribution in [0.5, 0.6) is 0 Å². The zero-order valence-electron chi connectivity index (χ0n) is 21.4. The van der Waals surface area contributed by atoms with Crippen LogP contribution < -0.4 is 0 Å². The molecule has 6 heteroatoms. The highest BCUT2D eigenvalue weighted by Gasteiger charge is 2.25. The minimum Gasteiger partial charge on any atom is -0.294 e. The molecule has 0 unspecified atom stereocenters. The predicted molar refractivity (Wildman–Crippen MR) is 160 cm³/mol. The molecule has 0 saturated carbocycles. The fraction of sp³-hybridized carbons (Fsp3) is 0. The first kappa shape index (κ1) is 22.4. The molecule has 0 bridgehead atoms. The SMILES string of the molecule is c1ccc(-n2c3c(-c4ccnnc4)cccc3c3c4cccc(-c5ccnnc5)c4n(-c4ccccc4)c32)cc1. The smallest absolute Gasteiger partial charge is 0.131 e. The first-order valence-electron chi connectivity index (χ1n) is 13.2. The Bertz CT molecular complexity index is 1980. The first-order valence-corrected chi connectivity index (χ1v) is 13.2. The van der Waals surface area contributed by atoms with Gasteiger partial charge in [-0.15, -0.1) is 0 Å². The van der Waals surface area contributed by atoms with E-state index in [1.165, 1.54) is 16.2 Å². The van der Waals surface area contributed by atoms with E-state index in [0.717, 1.165) is 50.3 Å². The second-order valence-corrected chi connectivity index (χ2v) is 9.71. The van der Waals surface area contributed by atoms with E-state index in [-0.39, 0.29) is 0 Å². The molecule has 40 heavy (non-hydrogen) atoms. The van der Waals surface area contributed by atoms with Crippen LogP contribution in [0.1, 0.15) is 0 Å². The molecule has 0 aliphatic heterocycles. The molecular formula is C34H22N6. The Hall–Kier alpha value is -5.62. The highest BCUT2D eigenvalue weighted by molar-refractivity contribution is 6.26. The topological polar surface area (TPSA) is 61.4 Å². The van der Waals surface area contributed by atoms with E-state index in [1.54, 1.807) is 12.4 Å². The summed E-state index contributed by atoms with van der Waals surface area (Å²) in [6, 6.07) is 38.2. The fourth-order valence-corrected chi connectivity index (χ4v) is 5.92. The van der Waals surface area contributed by atoms with Gasteiger partial charge in [0.2, 0.25) is 0 Å². The van der Waals surface area contributed by atoms with E-state index in [2.05, 4.69) is 127 Å². The third-order valence-corrected chi connectivity index (χ3v) is 7.52. The first-order chi connectivity index (χ1) is 19.9. The molecule has 0 spiro atoms. The van der Waals surface area contributed by atoms with E-state index >= 15 is 0 Å². The number of hydrogen-bond acceptors (Lipinski definition) is 4. The van der Waals surface area contributed by atoms with Gasteiger partial charge in [-0.05, 0) is 36.4 Å². The molecular weight excluding hydrogens is 492 g/mol. The maximum absolute atomic E-state index is 4.20. The summed E-state index contributed by atoms with van der Waals surface area (Å²) in [5.74, 6) is 0. The maximum atomic E-state index is 4.20. The van der Waals surface area contributed by atoms with Crippen LogP contribution in [0.3, 0.4) is 0 Å². The molecule has 0 saturated heterocycles. The van der Waals surface area contributed by atoms with Crippen molar-refractivity contribution >= 4 is 32.8 Å². The molecule has 6 nitrogen and oxygen atoms in total. The minimum absolute atomic E-state index is 1.03. The number of benzene rings is 4. The van der Waals surface area contributed by atoms with Gasteiger partial charge in [0.25, 0.3) is 0 Å². The van der Waals surface area contributed by atoms with Crippen molar-refractivity contribution in [2.24, 2.45) is 0 Å². The van der Waals surface area contributed by atoms with E-state index < -0.39 is 0 Å². The Morgan fingerprint density at radius 3 is 1.32 bits per heavy atom. The molecule has 4 heterocycles. The average Bonchev–Trinajstić information content (AvgIpc) is 3.55. The van der Waals surface area contributed by atoms with Crippen molar-refractivity contribution in [2.45, 2.75) is 0 Å². The summed E-state index contributed by atoms with van der Waals surface area (Å²) in [5.41, 5.74) is 9.81. The molecule has 4 aromatic heterocycles. The number of nitrogens with zero attached hydrogens (tertiary/aromatic N) is 6. The largest absolute Gasteiger partial charge is 0.294 e. The van der Waals surface area contributed by atoms with Gasteiger partial charge in [-0.25, -0.2) is 0 Å². The standard InChI is InChI=1S/C34H22N6/c1-3-9-25(10-4-1)39-32-27(23-17-19-35-37-21-23)13-7-15-29(32)31-30-16-8-14-28(24-18-20-36-38-22-24)33(30)40(34(31)39)26-11-5-2-6-12-26/h1-22H. The van der Waals surface area contributed by atoms with Crippen molar-refractivity contribution in [3.8, 4) is 33.6 Å². The zero-order valence-corrected chi connectivity index (χ0v) is 21.4. The van der Waals surface area contributed by atoms with Crippen LogP contribution in [-0.2, 0) is 0 Å². The van der Waals surface area contributed by atoms with Gasteiger partial charge in [0, 0.05) is 49.8 Å². The van der Waals surface area contributed by atoms with Crippen LogP contribution in [0, 0.1) is 0 Å². The summed E-state index contributed by atoms with van der Waals surface area (Å²) in [7, 11) is 0. The van der Waals surface area contributed by atoms with Gasteiger partial charge in [0.1, 0.15) is 5.65 Å². The Balaban J connectivity index is 1.65. The van der Waals surface area contributed by atoms with E-state index in [1.807, 2.05) is 24.5 Å². The Morgan fingerprint density at radius 2 is 0.900 bits per heavy atom. The lowest BCUT2D eigenvalue weighted by molar-refractivity contribution is 1.03. The van der Waals surface area contributed by atoms with Crippen LogP contribution in [0.15, 0.2) is 134 Å². The van der Waals surface area contributed by atoms with Gasteiger partial charge < -0.3 is 0 Å². The van der Waals surface area contributed by atoms with Crippen molar-refractivity contribution in [3.05, 3.63) is 134 Å². The summed E-state index contributed by atoms with van der Waals surface area (Å²) < 4.78 is 4.78. The average molecular weight is 515 g/mol. The van der Waals surface area contributed by atoms with Gasteiger partial charge >= 0.3 is 0 Å². The number of aromatic nitrogens is 6. The Kier molecular flexibility index (Phi) is 5.03. The quantitative estimate of drug-likeness (QED) is 0.242. The fourth-order valence-electron chi connectivity index (χ4n) is 5.92. The summed E-state index contributed by atoms with van der Waals surface area (Å²) in [6.07, 6.45) is 7.16. The van der Waals surface area contributed by atoms with Crippen LogP contribution in [0.4, 0.5) is 0 Å². The second-order valence-electron chi connectivity index (χ2n) is 9.71. The summed E-state index contributed by atoms with van der Waals surface area (Å²) in [6.45, 7) is 0. The molecule has 0 aliphatic carbocycles. The maximum Gasteiger partial charge on any atom is 0.131 e. The third kappa shape index (κ3) is 3.29. The molecule has 0 N–H and O–H groups in total. The third-order valence-electron chi connectivity index (χ3n) is 7.52. The zero-order chi connectivity index (χ0) is 26.5. The van der Waals surface area contributed by atoms with Crippen LogP contribution in [0.25, 0.3) is 66.5 Å². The van der Waals surface area contributed by atoms with Gasteiger partial charge in [-0.2, -0.15) is 20.4 Å². The van der Waals surface area contributed by atoms with Gasteiger partial charge in [-0.1, -0.05) is 72.8 Å². The van der Waals surface area contributed by atoms with Crippen LogP contribution in [-0.4, -0.2) is 29.5 Å². The lowest BCUT2D eigenvalue weighted by Crippen LogP contribution is -2.03. The Labute approximate surface area is 229 Å². The summed E-state index contributed by atoms with van der Waals surface area (Å²) in [5, 5.41) is 20.0. The Morgan fingerprint density at radius 1 is 0.425 bits per heavy atom. The van der Waals surface area contributed by atoms with E-state index in [9.17, 15) is 0 Å². The molecule has 8 rings (SSSR count). The molecule has 0 amide bonds. The second kappa shape index (κ2) is 8.99. The minimum atomic E-state index is 1.03. The molecule has 0 radical (unpaired) electrons. The molecule has 4 aromatic carbocycles. The van der Waals surface area contributed by atoms with Crippen molar-refractivity contribution in [1.29, 1.82) is 0 Å². The van der Waals surface area contributed by atoms with Gasteiger partial charge in [0.05, 0.1) is 35.8 Å². The summed E-state index contributed by atoms with van der Waals surface area (Å²) >= 11 is 0. The van der Waals surface area contributed by atoms with Crippen LogP contribution >= 0.6 is 0 Å². The van der Waals surface area contributed by atoms with E-state index in [0.29, 0.717) is 0 Å². The lowest BCUT2D eigenvalue weighted by atomic mass is 10.0. The van der Waals surface area contributed by atoms with Crippen molar-refractivity contribution in [1.82, 2.24) is 29.5 Å². The molecule has 0 atom stereocenters. The lowest BCUT2D eigenvalue weighted by Gasteiger charge is -2.16. The highest BCUT2D eigenvalue weighted by atomic mass is 15.1. The predicted octanol–water partition coefficient (Wildman–Crippen LogP) is 7.64. The number of fused-ring (bicyclic) bond motifs is 5. The monoisotopic (exact) mass is 514 g/mol. The van der Waals surface area contributed by atoms with Crippen molar-refractivity contribution < 1.29 is 0 Å². The van der Waals surface area contributed by atoms with Gasteiger partial charge in [-0.3, -0.25) is 9.13 Å². The van der Waals surface area contributed by atoms with Crippen LogP contribution in [0.2, 0.25) is 0 Å². The van der Waals surface area contributed by atoms with Crippen molar-refractivity contribution in [2.75, 3.05) is 0 Å². The normalized spacial score (nSPS) is 11.5. The van der Waals surface area contributed by atoms with Crippen molar-refractivity contribution in [3.63, 3.8) is 0 Å². The number of para-hydroxylation sites is 4. The number of hydrogen-bond donors (Lipinski definition) is 0. The molecule has 0 aliphatic rings. The van der Waals surface area contributed by atoms with E-state index in [4.69, 9.17) is 0 Å². The number of rotatable bonds is 4. The molecule has 8 aromatic rings. The summed E-state index contributed by atoms with van der Waals surface area (Å²) in [4.78, 5) is 0. The van der Waals surface area contributed by atoms with Gasteiger partial charge in [0.15, 0.2) is 0 Å². The highest BCUT2D eigenvalue weighted by Crippen LogP contribution is 2.45.